The molecule has 1 aromatic rings. The number of carbonyl (C=O) groups excluding carboxylic acids is 1. The Morgan fingerprint density at radius 1 is 1.44 bits per heavy atom. The van der Waals surface area contributed by atoms with Gasteiger partial charge < -0.3 is 10.4 Å². The third-order valence-electron chi connectivity index (χ3n) is 3.78. The monoisotopic (exact) mass is 267 g/mol. The molecule has 1 amide bonds. The summed E-state index contributed by atoms with van der Waals surface area (Å²) in [6.45, 7) is 5.56. The minimum Gasteiger partial charge on any atom is -0.481 e. The van der Waals surface area contributed by atoms with Crippen LogP contribution in [-0.4, -0.2) is 17.0 Å². The maximum Gasteiger partial charge on any atom is 0.307 e. The number of nitrogens with one attached hydrogen (secondary N) is 1. The van der Waals surface area contributed by atoms with Gasteiger partial charge in [0.15, 0.2) is 0 Å². The van der Waals surface area contributed by atoms with Gasteiger partial charge in [0.2, 0.25) is 5.91 Å². The van der Waals surface area contributed by atoms with Crippen LogP contribution in [0.5, 0.6) is 0 Å². The molecule has 0 aliphatic heterocycles. The molecule has 0 radical (unpaired) electrons. The van der Waals surface area contributed by atoms with E-state index in [1.165, 1.54) is 0 Å². The molecule has 4 nitrogen and oxygen atoms in total. The maximum absolute atomic E-state index is 12.1. The fraction of sp³-hybridized carbons (Fsp3) is 0.538. The summed E-state index contributed by atoms with van der Waals surface area (Å²) >= 11 is 1.58. The van der Waals surface area contributed by atoms with Crippen LogP contribution in [0, 0.1) is 17.3 Å². The van der Waals surface area contributed by atoms with Crippen molar-refractivity contribution in [3.8, 4) is 0 Å². The van der Waals surface area contributed by atoms with Crippen molar-refractivity contribution in [1.29, 1.82) is 0 Å². The van der Waals surface area contributed by atoms with E-state index in [2.05, 4.69) is 5.32 Å². The molecule has 0 saturated heterocycles. The summed E-state index contributed by atoms with van der Waals surface area (Å²) < 4.78 is 0. The summed E-state index contributed by atoms with van der Waals surface area (Å²) in [7, 11) is 0. The zero-order chi connectivity index (χ0) is 13.5. The van der Waals surface area contributed by atoms with E-state index in [1.807, 2.05) is 37.6 Å². The van der Waals surface area contributed by atoms with E-state index in [9.17, 15) is 9.59 Å². The lowest BCUT2D eigenvalue weighted by atomic mass is 10.1. The summed E-state index contributed by atoms with van der Waals surface area (Å²) in [5.74, 6) is -2.03. The second kappa shape index (κ2) is 4.39. The van der Waals surface area contributed by atoms with Crippen molar-refractivity contribution in [3.05, 3.63) is 22.4 Å². The molecule has 1 fully saturated rings. The number of amides is 1. The lowest BCUT2D eigenvalue weighted by molar-refractivity contribution is -0.140. The van der Waals surface area contributed by atoms with Gasteiger partial charge in [0.25, 0.3) is 0 Å². The number of aliphatic carboxylic acids is 1. The highest BCUT2D eigenvalue weighted by Crippen LogP contribution is 2.58. The number of carboxylic acids is 1. The van der Waals surface area contributed by atoms with Gasteiger partial charge >= 0.3 is 5.97 Å². The highest BCUT2D eigenvalue weighted by molar-refractivity contribution is 7.07. The number of carboxylic acid groups (broad SMARTS) is 1. The van der Waals surface area contributed by atoms with Crippen molar-refractivity contribution in [2.75, 3.05) is 0 Å². The number of hydrogen-bond donors (Lipinski definition) is 2. The van der Waals surface area contributed by atoms with Crippen LogP contribution in [0.4, 0.5) is 0 Å². The standard InChI is InChI=1S/C13H17NO3S/c1-7(8-4-5-18-6-8)14-11(15)9-10(12(16)17)13(9,2)3/h4-7,9-10H,1-3H3,(H,14,15)(H,16,17). The first-order chi connectivity index (χ1) is 8.35. The van der Waals surface area contributed by atoms with E-state index in [0.717, 1.165) is 5.56 Å². The van der Waals surface area contributed by atoms with Gasteiger partial charge in [-0.25, -0.2) is 0 Å². The van der Waals surface area contributed by atoms with E-state index in [-0.39, 0.29) is 11.9 Å². The minimum atomic E-state index is -0.886. The van der Waals surface area contributed by atoms with Crippen molar-refractivity contribution < 1.29 is 14.7 Å². The van der Waals surface area contributed by atoms with Gasteiger partial charge in [0, 0.05) is 0 Å². The molecular weight excluding hydrogens is 250 g/mol. The van der Waals surface area contributed by atoms with Crippen molar-refractivity contribution in [2.24, 2.45) is 17.3 Å². The molecule has 0 bridgehead atoms. The van der Waals surface area contributed by atoms with Gasteiger partial charge in [-0.2, -0.15) is 11.3 Å². The Kier molecular flexibility index (Phi) is 3.19. The maximum atomic E-state index is 12.1. The quantitative estimate of drug-likeness (QED) is 0.879. The van der Waals surface area contributed by atoms with Crippen LogP contribution in [0.15, 0.2) is 16.8 Å². The van der Waals surface area contributed by atoms with Crippen LogP contribution in [0.1, 0.15) is 32.4 Å². The van der Waals surface area contributed by atoms with Gasteiger partial charge in [-0.15, -0.1) is 0 Å². The molecule has 5 heteroatoms. The topological polar surface area (TPSA) is 66.4 Å². The van der Waals surface area contributed by atoms with Crippen LogP contribution in [0.3, 0.4) is 0 Å². The number of carbonyl (C=O) groups is 2. The van der Waals surface area contributed by atoms with Crippen LogP contribution in [0.2, 0.25) is 0 Å². The molecule has 0 aromatic carbocycles. The van der Waals surface area contributed by atoms with Gasteiger partial charge in [0.05, 0.1) is 17.9 Å². The minimum absolute atomic E-state index is 0.0744. The normalized spacial score (nSPS) is 26.4. The molecule has 1 aromatic heterocycles. The SMILES string of the molecule is CC(NC(=O)C1C(C(=O)O)C1(C)C)c1ccsc1. The van der Waals surface area contributed by atoms with Crippen molar-refractivity contribution >= 4 is 23.2 Å². The highest BCUT2D eigenvalue weighted by Gasteiger charge is 2.65. The molecule has 3 unspecified atom stereocenters. The van der Waals surface area contributed by atoms with E-state index < -0.39 is 23.2 Å². The molecule has 1 aliphatic carbocycles. The Bertz CT molecular complexity index is 467. The fourth-order valence-corrected chi connectivity index (χ4v) is 3.25. The first kappa shape index (κ1) is 13.1. The molecule has 1 heterocycles. The first-order valence-corrected chi connectivity index (χ1v) is 6.85. The summed E-state index contributed by atoms with van der Waals surface area (Å²) in [5, 5.41) is 15.9. The average Bonchev–Trinajstić information content (AvgIpc) is 2.67. The lowest BCUT2D eigenvalue weighted by Crippen LogP contribution is -2.29. The van der Waals surface area contributed by atoms with Crippen LogP contribution in [-0.2, 0) is 9.59 Å². The number of rotatable bonds is 4. The van der Waals surface area contributed by atoms with Gasteiger partial charge in [-0.3, -0.25) is 9.59 Å². The Morgan fingerprint density at radius 3 is 2.56 bits per heavy atom. The smallest absolute Gasteiger partial charge is 0.307 e. The molecule has 2 rings (SSSR count). The second-order valence-corrected chi connectivity index (χ2v) is 6.18. The molecule has 1 saturated carbocycles. The summed E-state index contributed by atoms with van der Waals surface area (Å²) in [5.41, 5.74) is 0.614. The number of thiophene rings is 1. The molecule has 3 atom stereocenters. The van der Waals surface area contributed by atoms with Crippen LogP contribution in [0.25, 0.3) is 0 Å². The Hall–Kier alpha value is -1.36. The predicted octanol–water partition coefficient (Wildman–Crippen LogP) is 2.28. The fourth-order valence-electron chi connectivity index (χ4n) is 2.50. The van der Waals surface area contributed by atoms with Crippen molar-refractivity contribution in [3.63, 3.8) is 0 Å². The third-order valence-corrected chi connectivity index (χ3v) is 4.48. The Balaban J connectivity index is 2.00. The van der Waals surface area contributed by atoms with Crippen molar-refractivity contribution in [1.82, 2.24) is 5.32 Å². The third kappa shape index (κ3) is 2.14. The van der Waals surface area contributed by atoms with E-state index in [1.54, 1.807) is 11.3 Å². The van der Waals surface area contributed by atoms with Crippen LogP contribution < -0.4 is 5.32 Å². The molecule has 18 heavy (non-hydrogen) atoms. The Labute approximate surface area is 110 Å². The zero-order valence-electron chi connectivity index (χ0n) is 10.6. The van der Waals surface area contributed by atoms with Gasteiger partial charge in [-0.05, 0) is 34.7 Å². The molecule has 98 valence electrons. The summed E-state index contributed by atoms with van der Waals surface area (Å²) in [6, 6.07) is 1.89. The summed E-state index contributed by atoms with van der Waals surface area (Å²) in [6.07, 6.45) is 0. The molecule has 2 N–H and O–H groups in total. The van der Waals surface area contributed by atoms with Crippen LogP contribution >= 0.6 is 11.3 Å². The van der Waals surface area contributed by atoms with Crippen molar-refractivity contribution in [2.45, 2.75) is 26.8 Å². The second-order valence-electron chi connectivity index (χ2n) is 5.40. The number of hydrogen-bond acceptors (Lipinski definition) is 3. The average molecular weight is 267 g/mol. The van der Waals surface area contributed by atoms with Gasteiger partial charge in [0.1, 0.15) is 0 Å². The Morgan fingerprint density at radius 2 is 2.11 bits per heavy atom. The van der Waals surface area contributed by atoms with Gasteiger partial charge in [-0.1, -0.05) is 13.8 Å². The predicted molar refractivity (Wildman–Crippen MR) is 69.3 cm³/mol. The molecule has 0 spiro atoms. The zero-order valence-corrected chi connectivity index (χ0v) is 11.5. The van der Waals surface area contributed by atoms with E-state index >= 15 is 0 Å². The van der Waals surface area contributed by atoms with E-state index in [0.29, 0.717) is 0 Å². The first-order valence-electron chi connectivity index (χ1n) is 5.91. The lowest BCUT2D eigenvalue weighted by Gasteiger charge is -2.13. The highest BCUT2D eigenvalue weighted by atomic mass is 32.1. The van der Waals surface area contributed by atoms with E-state index in [4.69, 9.17) is 5.11 Å². The largest absolute Gasteiger partial charge is 0.481 e. The summed E-state index contributed by atoms with van der Waals surface area (Å²) in [4.78, 5) is 23.1. The molecule has 1 aliphatic rings. The molecular formula is C13H17NO3S.